The second-order valence-corrected chi connectivity index (χ2v) is 7.16. The molecule has 1 atom stereocenters. The molecule has 1 unspecified atom stereocenters. The molecule has 0 fully saturated rings. The molecule has 24 heavy (non-hydrogen) atoms. The Morgan fingerprint density at radius 2 is 1.92 bits per heavy atom. The molecule has 0 spiro atoms. The van der Waals surface area contributed by atoms with Gasteiger partial charge in [0.15, 0.2) is 0 Å². The summed E-state index contributed by atoms with van der Waals surface area (Å²) in [4.78, 5) is 15.2. The monoisotopic (exact) mass is 352 g/mol. The fourth-order valence-corrected chi connectivity index (χ4v) is 3.46. The molecule has 0 aliphatic carbocycles. The molecular formula is C16H17FN2O4S. The third kappa shape index (κ3) is 5.10. The summed E-state index contributed by atoms with van der Waals surface area (Å²) >= 11 is 0. The summed E-state index contributed by atoms with van der Waals surface area (Å²) in [6.45, 7) is 1.57. The van der Waals surface area contributed by atoms with E-state index in [9.17, 15) is 22.7 Å². The maximum atomic E-state index is 13.5. The molecule has 1 aromatic heterocycles. The number of carbonyl (C=O) groups is 1. The number of aliphatic carboxylic acids is 1. The lowest BCUT2D eigenvalue weighted by molar-refractivity contribution is -0.138. The van der Waals surface area contributed by atoms with E-state index in [-0.39, 0.29) is 12.0 Å². The quantitative estimate of drug-likeness (QED) is 0.790. The molecule has 6 nitrogen and oxygen atoms in total. The molecule has 1 aromatic carbocycles. The van der Waals surface area contributed by atoms with Crippen LogP contribution in [0.2, 0.25) is 0 Å². The Morgan fingerprint density at radius 1 is 1.25 bits per heavy atom. The Kier molecular flexibility index (Phi) is 5.63. The Bertz CT molecular complexity index is 825. The second kappa shape index (κ2) is 7.50. The van der Waals surface area contributed by atoms with Crippen LogP contribution < -0.4 is 4.72 Å². The number of pyridine rings is 1. The minimum atomic E-state index is -3.94. The third-order valence-electron chi connectivity index (χ3n) is 3.40. The lowest BCUT2D eigenvalue weighted by atomic mass is 10.1. The number of hydrogen-bond donors (Lipinski definition) is 2. The SMILES string of the molecule is Cc1ccc(CS(=O)(=O)NC(Cc2ccncc2)C(=O)O)cc1F. The fraction of sp³-hybridized carbons (Fsp3) is 0.250. The average Bonchev–Trinajstić information content (AvgIpc) is 2.51. The number of carboxylic acid groups (broad SMARTS) is 1. The van der Waals surface area contributed by atoms with E-state index in [0.717, 1.165) is 6.07 Å². The van der Waals surface area contributed by atoms with Gasteiger partial charge in [0.25, 0.3) is 0 Å². The molecule has 0 aliphatic rings. The first-order valence-corrected chi connectivity index (χ1v) is 8.79. The highest BCUT2D eigenvalue weighted by Crippen LogP contribution is 2.12. The lowest BCUT2D eigenvalue weighted by Crippen LogP contribution is -2.42. The first-order valence-electron chi connectivity index (χ1n) is 7.13. The van der Waals surface area contributed by atoms with Crippen LogP contribution in [0, 0.1) is 12.7 Å². The van der Waals surface area contributed by atoms with Gasteiger partial charge in [-0.1, -0.05) is 12.1 Å². The van der Waals surface area contributed by atoms with Gasteiger partial charge in [-0.05, 0) is 48.2 Å². The maximum Gasteiger partial charge on any atom is 0.322 e. The van der Waals surface area contributed by atoms with Crippen LogP contribution >= 0.6 is 0 Å². The van der Waals surface area contributed by atoms with E-state index in [0.29, 0.717) is 11.1 Å². The largest absolute Gasteiger partial charge is 0.480 e. The van der Waals surface area contributed by atoms with Crippen molar-refractivity contribution in [2.45, 2.75) is 25.1 Å². The first kappa shape index (κ1) is 18.0. The van der Waals surface area contributed by atoms with Crippen LogP contribution in [-0.2, 0) is 27.0 Å². The number of nitrogens with one attached hydrogen (secondary N) is 1. The molecule has 8 heteroatoms. The molecule has 0 saturated carbocycles. The zero-order valence-electron chi connectivity index (χ0n) is 12.9. The topological polar surface area (TPSA) is 96.4 Å². The van der Waals surface area contributed by atoms with Crippen LogP contribution in [0.3, 0.4) is 0 Å². The summed E-state index contributed by atoms with van der Waals surface area (Å²) in [5.74, 6) is -2.29. The summed E-state index contributed by atoms with van der Waals surface area (Å²) in [5.41, 5.74) is 1.30. The lowest BCUT2D eigenvalue weighted by Gasteiger charge is -2.15. The minimum Gasteiger partial charge on any atom is -0.480 e. The van der Waals surface area contributed by atoms with Gasteiger partial charge in [-0.3, -0.25) is 9.78 Å². The minimum absolute atomic E-state index is 0.0145. The molecule has 1 heterocycles. The van der Waals surface area contributed by atoms with Gasteiger partial charge in [0.2, 0.25) is 10.0 Å². The van der Waals surface area contributed by atoms with Crippen molar-refractivity contribution in [2.75, 3.05) is 0 Å². The number of carboxylic acids is 1. The molecule has 0 radical (unpaired) electrons. The van der Waals surface area contributed by atoms with Gasteiger partial charge in [-0.2, -0.15) is 0 Å². The van der Waals surface area contributed by atoms with Gasteiger partial charge in [-0.25, -0.2) is 17.5 Å². The standard InChI is InChI=1S/C16H17FN2O4S/c1-11-2-3-13(8-14(11)17)10-24(22,23)19-15(16(20)21)9-12-4-6-18-7-5-12/h2-8,15,19H,9-10H2,1H3,(H,20,21). The van der Waals surface area contributed by atoms with Crippen molar-refractivity contribution >= 4 is 16.0 Å². The van der Waals surface area contributed by atoms with Crippen LogP contribution in [0.1, 0.15) is 16.7 Å². The Morgan fingerprint density at radius 3 is 2.50 bits per heavy atom. The summed E-state index contributed by atoms with van der Waals surface area (Å²) in [6, 6.07) is 6.02. The van der Waals surface area contributed by atoms with E-state index < -0.39 is 33.6 Å². The van der Waals surface area contributed by atoms with Gasteiger partial charge >= 0.3 is 5.97 Å². The van der Waals surface area contributed by atoms with Crippen LogP contribution in [0.15, 0.2) is 42.7 Å². The Balaban J connectivity index is 2.12. The van der Waals surface area contributed by atoms with Crippen molar-refractivity contribution in [2.24, 2.45) is 0 Å². The molecule has 0 amide bonds. The molecule has 0 aliphatic heterocycles. The van der Waals surface area contributed by atoms with Crippen molar-refractivity contribution in [1.82, 2.24) is 9.71 Å². The number of aryl methyl sites for hydroxylation is 1. The zero-order chi connectivity index (χ0) is 17.7. The van der Waals surface area contributed by atoms with Crippen molar-refractivity contribution < 1.29 is 22.7 Å². The second-order valence-electron chi connectivity index (χ2n) is 5.41. The van der Waals surface area contributed by atoms with Gasteiger partial charge < -0.3 is 5.11 Å². The summed E-state index contributed by atoms with van der Waals surface area (Å²) in [7, 11) is -3.94. The number of hydrogen-bond acceptors (Lipinski definition) is 4. The van der Waals surface area contributed by atoms with Crippen LogP contribution in [0.25, 0.3) is 0 Å². The molecule has 2 aromatic rings. The highest BCUT2D eigenvalue weighted by Gasteiger charge is 2.24. The Hall–Kier alpha value is -2.32. The third-order valence-corrected chi connectivity index (χ3v) is 4.76. The molecule has 0 bridgehead atoms. The number of benzene rings is 1. The summed E-state index contributed by atoms with van der Waals surface area (Å²) < 4.78 is 40.1. The molecule has 2 N–H and O–H groups in total. The van der Waals surface area contributed by atoms with Gasteiger partial charge in [0.05, 0.1) is 5.75 Å². The average molecular weight is 352 g/mol. The number of nitrogens with zero attached hydrogens (tertiary/aromatic N) is 1. The molecular weight excluding hydrogens is 335 g/mol. The van der Waals surface area contributed by atoms with Gasteiger partial charge in [0.1, 0.15) is 11.9 Å². The maximum absolute atomic E-state index is 13.5. The highest BCUT2D eigenvalue weighted by atomic mass is 32.2. The number of halogens is 1. The van der Waals surface area contributed by atoms with E-state index >= 15 is 0 Å². The summed E-state index contributed by atoms with van der Waals surface area (Å²) in [6.07, 6.45) is 2.98. The van der Waals surface area contributed by atoms with E-state index in [1.807, 2.05) is 0 Å². The predicted octanol–water partition coefficient (Wildman–Crippen LogP) is 1.64. The smallest absolute Gasteiger partial charge is 0.322 e. The number of aromatic nitrogens is 1. The van der Waals surface area contributed by atoms with E-state index in [2.05, 4.69) is 9.71 Å². The normalized spacial score (nSPS) is 12.8. The van der Waals surface area contributed by atoms with Gasteiger partial charge in [-0.15, -0.1) is 0 Å². The van der Waals surface area contributed by atoms with Crippen molar-refractivity contribution in [3.8, 4) is 0 Å². The van der Waals surface area contributed by atoms with Gasteiger partial charge in [0, 0.05) is 12.4 Å². The van der Waals surface area contributed by atoms with E-state index in [4.69, 9.17) is 0 Å². The molecule has 2 rings (SSSR count). The zero-order valence-corrected chi connectivity index (χ0v) is 13.8. The van der Waals surface area contributed by atoms with Crippen LogP contribution in [-0.4, -0.2) is 30.5 Å². The number of rotatable bonds is 7. The fourth-order valence-electron chi connectivity index (χ4n) is 2.14. The van der Waals surface area contributed by atoms with Crippen molar-refractivity contribution in [1.29, 1.82) is 0 Å². The predicted molar refractivity (Wildman–Crippen MR) is 86.3 cm³/mol. The van der Waals surface area contributed by atoms with Crippen molar-refractivity contribution in [3.63, 3.8) is 0 Å². The molecule has 128 valence electrons. The summed E-state index contributed by atoms with van der Waals surface area (Å²) in [5, 5.41) is 9.24. The highest BCUT2D eigenvalue weighted by molar-refractivity contribution is 7.88. The van der Waals surface area contributed by atoms with E-state index in [1.54, 1.807) is 19.1 Å². The number of sulfonamides is 1. The van der Waals surface area contributed by atoms with E-state index in [1.165, 1.54) is 24.5 Å². The van der Waals surface area contributed by atoms with Crippen LogP contribution in [0.4, 0.5) is 4.39 Å². The first-order chi connectivity index (χ1) is 11.3. The van der Waals surface area contributed by atoms with Crippen LogP contribution in [0.5, 0.6) is 0 Å². The molecule has 0 saturated heterocycles. The van der Waals surface area contributed by atoms with Crippen molar-refractivity contribution in [3.05, 3.63) is 65.2 Å². The Labute approximate surface area is 139 Å².